The van der Waals surface area contributed by atoms with Crippen molar-refractivity contribution >= 4 is 29.0 Å². The Kier molecular flexibility index (Phi) is 5.88. The highest BCUT2D eigenvalue weighted by molar-refractivity contribution is 6.37. The third-order valence-corrected chi connectivity index (χ3v) is 4.42. The molecule has 1 aromatic carbocycles. The molecule has 0 bridgehead atoms. The van der Waals surface area contributed by atoms with Crippen molar-refractivity contribution in [1.82, 2.24) is 0 Å². The Hall–Kier alpha value is -0.570. The van der Waals surface area contributed by atoms with Gasteiger partial charge in [0.2, 0.25) is 0 Å². The molecule has 0 aromatic heterocycles. The van der Waals surface area contributed by atoms with Crippen LogP contribution in [0.15, 0.2) is 18.2 Å². The summed E-state index contributed by atoms with van der Waals surface area (Å²) in [5.41, 5.74) is 0.479. The van der Waals surface area contributed by atoms with E-state index in [4.69, 9.17) is 27.9 Å². The van der Waals surface area contributed by atoms with Crippen LogP contribution >= 0.6 is 23.2 Å². The molecule has 1 unspecified atom stereocenters. The van der Waals surface area contributed by atoms with Gasteiger partial charge in [-0.3, -0.25) is 4.79 Å². The lowest BCUT2D eigenvalue weighted by Crippen LogP contribution is -2.25. The fourth-order valence-corrected chi connectivity index (χ4v) is 3.12. The summed E-state index contributed by atoms with van der Waals surface area (Å²) in [5.74, 6) is 0.516. The molecular weight excluding hydrogens is 295 g/mol. The molecule has 2 rings (SSSR count). The van der Waals surface area contributed by atoms with Gasteiger partial charge >= 0.3 is 0 Å². The number of rotatable bonds is 5. The molecule has 0 spiro atoms. The van der Waals surface area contributed by atoms with Crippen LogP contribution in [-0.2, 0) is 4.74 Å². The van der Waals surface area contributed by atoms with Gasteiger partial charge < -0.3 is 4.74 Å². The summed E-state index contributed by atoms with van der Waals surface area (Å²) in [6.45, 7) is 2.45. The van der Waals surface area contributed by atoms with Gasteiger partial charge in [-0.2, -0.15) is 0 Å². The van der Waals surface area contributed by atoms with Crippen molar-refractivity contribution in [3.63, 3.8) is 0 Å². The Morgan fingerprint density at radius 2 is 2.00 bits per heavy atom. The number of hydrogen-bond acceptors (Lipinski definition) is 2. The van der Waals surface area contributed by atoms with Gasteiger partial charge in [0.1, 0.15) is 6.10 Å². The first-order valence-corrected chi connectivity index (χ1v) is 7.94. The van der Waals surface area contributed by atoms with E-state index in [9.17, 15) is 4.79 Å². The molecule has 1 aliphatic rings. The second-order valence-corrected chi connectivity index (χ2v) is 6.31. The molecule has 0 saturated heterocycles. The van der Waals surface area contributed by atoms with E-state index in [-0.39, 0.29) is 5.78 Å². The SMILES string of the molecule is CC(OCC1CCCCC1)C(=O)c1ccc(Cl)cc1Cl. The Balaban J connectivity index is 1.90. The second-order valence-electron chi connectivity index (χ2n) is 5.47. The van der Waals surface area contributed by atoms with Gasteiger partial charge in [-0.15, -0.1) is 0 Å². The second kappa shape index (κ2) is 7.44. The summed E-state index contributed by atoms with van der Waals surface area (Å²) in [4.78, 5) is 12.3. The standard InChI is InChI=1S/C16H20Cl2O2/c1-11(20-10-12-5-3-2-4-6-12)16(19)14-8-7-13(17)9-15(14)18/h7-9,11-12H,2-6,10H2,1H3. The van der Waals surface area contributed by atoms with Crippen LogP contribution in [0, 0.1) is 5.92 Å². The zero-order valence-corrected chi connectivity index (χ0v) is 13.2. The molecule has 1 atom stereocenters. The monoisotopic (exact) mass is 314 g/mol. The molecule has 0 N–H and O–H groups in total. The number of benzene rings is 1. The molecule has 1 aliphatic carbocycles. The molecule has 1 aromatic rings. The maximum Gasteiger partial charge on any atom is 0.192 e. The highest BCUT2D eigenvalue weighted by Gasteiger charge is 2.21. The highest BCUT2D eigenvalue weighted by atomic mass is 35.5. The van der Waals surface area contributed by atoms with Crippen molar-refractivity contribution < 1.29 is 9.53 Å². The van der Waals surface area contributed by atoms with Crippen molar-refractivity contribution in [2.45, 2.75) is 45.1 Å². The molecule has 1 fully saturated rings. The molecule has 0 aliphatic heterocycles. The number of hydrogen-bond donors (Lipinski definition) is 0. The van der Waals surface area contributed by atoms with Gasteiger partial charge in [0, 0.05) is 10.6 Å². The number of carbonyl (C=O) groups excluding carboxylic acids is 1. The van der Waals surface area contributed by atoms with Crippen molar-refractivity contribution in [2.75, 3.05) is 6.61 Å². The quantitative estimate of drug-likeness (QED) is 0.701. The van der Waals surface area contributed by atoms with Gasteiger partial charge in [-0.05, 0) is 43.9 Å². The molecule has 110 valence electrons. The molecule has 4 heteroatoms. The van der Waals surface area contributed by atoms with Gasteiger partial charge in [0.25, 0.3) is 0 Å². The number of ketones is 1. The van der Waals surface area contributed by atoms with E-state index >= 15 is 0 Å². The van der Waals surface area contributed by atoms with E-state index in [1.54, 1.807) is 25.1 Å². The number of halogens is 2. The van der Waals surface area contributed by atoms with Crippen LogP contribution in [0.5, 0.6) is 0 Å². The van der Waals surface area contributed by atoms with Crippen LogP contribution < -0.4 is 0 Å². The zero-order chi connectivity index (χ0) is 14.5. The Bertz CT molecular complexity index is 468. The Labute approximate surface area is 130 Å². The molecule has 20 heavy (non-hydrogen) atoms. The van der Waals surface area contributed by atoms with Crippen LogP contribution in [0.3, 0.4) is 0 Å². The predicted molar refractivity (Wildman–Crippen MR) is 82.8 cm³/mol. The summed E-state index contributed by atoms with van der Waals surface area (Å²) in [6.07, 6.45) is 5.84. The van der Waals surface area contributed by atoms with Gasteiger partial charge in [0.15, 0.2) is 5.78 Å². The van der Waals surface area contributed by atoms with Crippen LogP contribution in [0.4, 0.5) is 0 Å². The molecule has 0 heterocycles. The minimum absolute atomic E-state index is 0.0810. The minimum atomic E-state index is -0.462. The smallest absolute Gasteiger partial charge is 0.192 e. The topological polar surface area (TPSA) is 26.3 Å². The molecule has 0 radical (unpaired) electrons. The fraction of sp³-hybridized carbons (Fsp3) is 0.562. The van der Waals surface area contributed by atoms with Crippen LogP contribution in [0.1, 0.15) is 49.4 Å². The third kappa shape index (κ3) is 4.21. The van der Waals surface area contributed by atoms with E-state index in [0.717, 1.165) is 0 Å². The van der Waals surface area contributed by atoms with Gasteiger partial charge in [-0.1, -0.05) is 42.5 Å². The van der Waals surface area contributed by atoms with E-state index in [1.807, 2.05) is 0 Å². The number of ether oxygens (including phenoxy) is 1. The third-order valence-electron chi connectivity index (χ3n) is 3.87. The van der Waals surface area contributed by atoms with Crippen LogP contribution in [-0.4, -0.2) is 18.5 Å². The summed E-state index contributed by atoms with van der Waals surface area (Å²) in [6, 6.07) is 4.92. The van der Waals surface area contributed by atoms with Crippen LogP contribution in [0.25, 0.3) is 0 Å². The zero-order valence-electron chi connectivity index (χ0n) is 11.7. The summed E-state index contributed by atoms with van der Waals surface area (Å²) in [5, 5.41) is 0.915. The summed E-state index contributed by atoms with van der Waals surface area (Å²) >= 11 is 11.9. The van der Waals surface area contributed by atoms with E-state index in [2.05, 4.69) is 0 Å². The highest BCUT2D eigenvalue weighted by Crippen LogP contribution is 2.25. The predicted octanol–water partition coefficient (Wildman–Crippen LogP) is 5.16. The molecular formula is C16H20Cl2O2. The van der Waals surface area contributed by atoms with Gasteiger partial charge in [-0.25, -0.2) is 0 Å². The maximum atomic E-state index is 12.3. The summed E-state index contributed by atoms with van der Waals surface area (Å²) in [7, 11) is 0. The van der Waals surface area contributed by atoms with Crippen molar-refractivity contribution in [3.8, 4) is 0 Å². The number of carbonyl (C=O) groups is 1. The average molecular weight is 315 g/mol. The van der Waals surface area contributed by atoms with Gasteiger partial charge in [0.05, 0.1) is 11.6 Å². The maximum absolute atomic E-state index is 12.3. The van der Waals surface area contributed by atoms with E-state index in [1.165, 1.54) is 32.1 Å². The average Bonchev–Trinajstić information content (AvgIpc) is 2.45. The first-order chi connectivity index (χ1) is 9.58. The first-order valence-electron chi connectivity index (χ1n) is 7.19. The molecule has 1 saturated carbocycles. The molecule has 0 amide bonds. The van der Waals surface area contributed by atoms with E-state index in [0.29, 0.717) is 28.1 Å². The van der Waals surface area contributed by atoms with Crippen molar-refractivity contribution in [3.05, 3.63) is 33.8 Å². The Morgan fingerprint density at radius 1 is 1.30 bits per heavy atom. The largest absolute Gasteiger partial charge is 0.370 e. The van der Waals surface area contributed by atoms with Crippen molar-refractivity contribution in [2.24, 2.45) is 5.92 Å². The minimum Gasteiger partial charge on any atom is -0.370 e. The lowest BCUT2D eigenvalue weighted by molar-refractivity contribution is 0.0287. The normalized spacial score (nSPS) is 17.9. The lowest BCUT2D eigenvalue weighted by atomic mass is 9.90. The fourth-order valence-electron chi connectivity index (χ4n) is 2.62. The van der Waals surface area contributed by atoms with Crippen LogP contribution in [0.2, 0.25) is 10.0 Å². The first kappa shape index (κ1) is 15.8. The Morgan fingerprint density at radius 3 is 2.65 bits per heavy atom. The van der Waals surface area contributed by atoms with Crippen molar-refractivity contribution in [1.29, 1.82) is 0 Å². The number of Topliss-reactive ketones (excluding diaryl/α,β-unsaturated/α-hetero) is 1. The summed E-state index contributed by atoms with van der Waals surface area (Å²) < 4.78 is 5.74. The lowest BCUT2D eigenvalue weighted by Gasteiger charge is -2.23. The molecule has 2 nitrogen and oxygen atoms in total. The van der Waals surface area contributed by atoms with E-state index < -0.39 is 6.10 Å².